The molecule has 0 saturated carbocycles. The quantitative estimate of drug-likeness (QED) is 0.495. The SMILES string of the molecule is CC[Si](CC)(CC)O[Si](CC)(CC)CC(C)(C)C. The first-order valence-corrected chi connectivity index (χ1v) is 13.0. The Bertz CT molecular complexity index is 217. The van der Waals surface area contributed by atoms with Crippen molar-refractivity contribution in [1.82, 2.24) is 0 Å². The van der Waals surface area contributed by atoms with Crippen LogP contribution in [0.1, 0.15) is 55.4 Å². The molecule has 18 heavy (non-hydrogen) atoms. The lowest BCUT2D eigenvalue weighted by molar-refractivity contribution is 0.414. The van der Waals surface area contributed by atoms with Crippen LogP contribution in [0.5, 0.6) is 0 Å². The fourth-order valence-corrected chi connectivity index (χ4v) is 14.4. The Hall–Kier alpha value is 0.394. The largest absolute Gasteiger partial charge is 0.455 e. The Kier molecular flexibility index (Phi) is 7.41. The van der Waals surface area contributed by atoms with Gasteiger partial charge in [-0.25, -0.2) is 0 Å². The molecule has 0 bridgehead atoms. The summed E-state index contributed by atoms with van der Waals surface area (Å²) in [7, 11) is -2.95. The van der Waals surface area contributed by atoms with Gasteiger partial charge in [0.2, 0.25) is 0 Å². The predicted molar refractivity (Wildman–Crippen MR) is 89.3 cm³/mol. The maximum absolute atomic E-state index is 7.03. The van der Waals surface area contributed by atoms with E-state index in [1.54, 1.807) is 0 Å². The highest BCUT2D eigenvalue weighted by molar-refractivity contribution is 6.87. The second kappa shape index (κ2) is 7.25. The average molecular weight is 289 g/mol. The molecule has 0 aliphatic heterocycles. The summed E-state index contributed by atoms with van der Waals surface area (Å²) in [4.78, 5) is 0. The first-order chi connectivity index (χ1) is 8.22. The highest BCUT2D eigenvalue weighted by Gasteiger charge is 2.42. The molecule has 0 aromatic carbocycles. The van der Waals surface area contributed by atoms with E-state index in [4.69, 9.17) is 4.12 Å². The summed E-state index contributed by atoms with van der Waals surface area (Å²) in [5.41, 5.74) is 0.410. The molecule has 0 aliphatic carbocycles. The molecule has 0 saturated heterocycles. The third-order valence-corrected chi connectivity index (χ3v) is 16.1. The number of hydrogen-bond donors (Lipinski definition) is 0. The van der Waals surface area contributed by atoms with Crippen molar-refractivity contribution in [2.45, 2.75) is 91.7 Å². The zero-order valence-electron chi connectivity index (χ0n) is 14.2. The Morgan fingerprint density at radius 2 is 1.00 bits per heavy atom. The smallest absolute Gasteiger partial charge is 0.179 e. The van der Waals surface area contributed by atoms with Gasteiger partial charge < -0.3 is 4.12 Å². The molecule has 0 heterocycles. The Labute approximate surface area is 118 Å². The van der Waals surface area contributed by atoms with Gasteiger partial charge in [-0.15, -0.1) is 0 Å². The molecule has 0 aliphatic rings. The van der Waals surface area contributed by atoms with Gasteiger partial charge in [0, 0.05) is 0 Å². The molecule has 0 fully saturated rings. The van der Waals surface area contributed by atoms with E-state index in [0.29, 0.717) is 5.41 Å². The first kappa shape index (κ1) is 18.4. The van der Waals surface area contributed by atoms with Crippen LogP contribution in [0.3, 0.4) is 0 Å². The van der Waals surface area contributed by atoms with Crippen LogP contribution in [0.15, 0.2) is 0 Å². The van der Waals surface area contributed by atoms with Crippen molar-refractivity contribution in [1.29, 1.82) is 0 Å². The summed E-state index contributed by atoms with van der Waals surface area (Å²) in [6.45, 7) is 18.9. The maximum atomic E-state index is 7.03. The Morgan fingerprint density at radius 3 is 1.22 bits per heavy atom. The molecule has 0 spiro atoms. The van der Waals surface area contributed by atoms with Crippen LogP contribution in [0, 0.1) is 5.41 Å². The van der Waals surface area contributed by atoms with Crippen molar-refractivity contribution < 1.29 is 4.12 Å². The molecule has 0 rings (SSSR count). The van der Waals surface area contributed by atoms with E-state index in [-0.39, 0.29) is 0 Å². The molecular formula is C15H36OSi2. The van der Waals surface area contributed by atoms with Crippen molar-refractivity contribution >= 4 is 16.6 Å². The molecule has 0 radical (unpaired) electrons. The summed E-state index contributed by atoms with van der Waals surface area (Å²) in [5, 5.41) is 0. The number of hydrogen-bond acceptors (Lipinski definition) is 1. The summed E-state index contributed by atoms with van der Waals surface area (Å²) in [6.07, 6.45) is 0. The molecule has 0 amide bonds. The molecule has 110 valence electrons. The minimum atomic E-state index is -1.52. The van der Waals surface area contributed by atoms with E-state index in [1.807, 2.05) is 0 Å². The highest BCUT2D eigenvalue weighted by atomic mass is 28.4. The van der Waals surface area contributed by atoms with Crippen molar-refractivity contribution in [2.75, 3.05) is 0 Å². The third-order valence-electron chi connectivity index (χ3n) is 4.51. The first-order valence-electron chi connectivity index (χ1n) is 7.92. The van der Waals surface area contributed by atoms with E-state index in [9.17, 15) is 0 Å². The van der Waals surface area contributed by atoms with Crippen LogP contribution in [0.4, 0.5) is 0 Å². The minimum absolute atomic E-state index is 0.410. The van der Waals surface area contributed by atoms with Crippen LogP contribution < -0.4 is 0 Å². The summed E-state index contributed by atoms with van der Waals surface area (Å²) in [5.74, 6) is 0. The molecular weight excluding hydrogens is 252 g/mol. The summed E-state index contributed by atoms with van der Waals surface area (Å²) >= 11 is 0. The fourth-order valence-electron chi connectivity index (χ4n) is 3.07. The van der Waals surface area contributed by atoms with Crippen molar-refractivity contribution in [3.05, 3.63) is 0 Å². The van der Waals surface area contributed by atoms with E-state index in [0.717, 1.165) is 0 Å². The van der Waals surface area contributed by atoms with E-state index >= 15 is 0 Å². The molecule has 0 aromatic heterocycles. The Balaban J connectivity index is 5.11. The predicted octanol–water partition coefficient (Wildman–Crippen LogP) is 6.04. The normalized spacial score (nSPS) is 14.0. The van der Waals surface area contributed by atoms with Crippen LogP contribution in [0.2, 0.25) is 36.3 Å². The van der Waals surface area contributed by atoms with Crippen LogP contribution in [0.25, 0.3) is 0 Å². The van der Waals surface area contributed by atoms with E-state index in [2.05, 4.69) is 55.4 Å². The van der Waals surface area contributed by atoms with Crippen molar-refractivity contribution in [2.24, 2.45) is 5.41 Å². The van der Waals surface area contributed by atoms with Gasteiger partial charge in [-0.2, -0.15) is 0 Å². The zero-order valence-corrected chi connectivity index (χ0v) is 16.2. The van der Waals surface area contributed by atoms with Gasteiger partial charge in [0.15, 0.2) is 16.6 Å². The number of rotatable bonds is 8. The van der Waals surface area contributed by atoms with Gasteiger partial charge in [-0.1, -0.05) is 55.4 Å². The van der Waals surface area contributed by atoms with Gasteiger partial charge in [-0.3, -0.25) is 0 Å². The van der Waals surface area contributed by atoms with Gasteiger partial charge in [0.1, 0.15) is 0 Å². The lowest BCUT2D eigenvalue weighted by Crippen LogP contribution is -2.51. The monoisotopic (exact) mass is 288 g/mol. The maximum Gasteiger partial charge on any atom is 0.179 e. The lowest BCUT2D eigenvalue weighted by Gasteiger charge is -2.43. The van der Waals surface area contributed by atoms with Gasteiger partial charge in [-0.05, 0) is 41.7 Å². The topological polar surface area (TPSA) is 9.23 Å². The van der Waals surface area contributed by atoms with Crippen LogP contribution >= 0.6 is 0 Å². The molecule has 0 aromatic rings. The molecule has 3 heteroatoms. The molecule has 0 unspecified atom stereocenters. The van der Waals surface area contributed by atoms with Gasteiger partial charge >= 0.3 is 0 Å². The standard InChI is InChI=1S/C15H36OSi2/c1-9-17(10-2,11-3)16-18(12-4,13-5)14-15(6,7)8/h9-14H2,1-8H3. The molecule has 0 atom stereocenters. The summed E-state index contributed by atoms with van der Waals surface area (Å²) in [6, 6.07) is 7.77. The van der Waals surface area contributed by atoms with Crippen molar-refractivity contribution in [3.8, 4) is 0 Å². The zero-order chi connectivity index (χ0) is 14.4. The molecule has 1 nitrogen and oxygen atoms in total. The van der Waals surface area contributed by atoms with E-state index < -0.39 is 16.6 Å². The van der Waals surface area contributed by atoms with Gasteiger partial charge in [0.25, 0.3) is 0 Å². The average Bonchev–Trinajstić information content (AvgIpc) is 2.33. The van der Waals surface area contributed by atoms with Gasteiger partial charge in [0.05, 0.1) is 0 Å². The van der Waals surface area contributed by atoms with Crippen molar-refractivity contribution in [3.63, 3.8) is 0 Å². The third kappa shape index (κ3) is 5.18. The Morgan fingerprint density at radius 1 is 0.667 bits per heavy atom. The van der Waals surface area contributed by atoms with Crippen LogP contribution in [-0.2, 0) is 4.12 Å². The highest BCUT2D eigenvalue weighted by Crippen LogP contribution is 2.38. The second-order valence-corrected chi connectivity index (χ2v) is 16.4. The second-order valence-electron chi connectivity index (χ2n) is 6.97. The van der Waals surface area contributed by atoms with E-state index in [1.165, 1.54) is 36.3 Å². The fraction of sp³-hybridized carbons (Fsp3) is 1.00. The minimum Gasteiger partial charge on any atom is -0.455 e. The lowest BCUT2D eigenvalue weighted by atomic mass is 10.0. The van der Waals surface area contributed by atoms with Crippen LogP contribution in [-0.4, -0.2) is 16.6 Å². The summed E-state index contributed by atoms with van der Waals surface area (Å²) < 4.78 is 7.03. The molecule has 0 N–H and O–H groups in total.